The van der Waals surface area contributed by atoms with Gasteiger partial charge in [0.05, 0.1) is 18.9 Å². The van der Waals surface area contributed by atoms with Crippen molar-refractivity contribution in [2.24, 2.45) is 0 Å². The Morgan fingerprint density at radius 3 is 2.12 bits per heavy atom. The molecule has 0 saturated carbocycles. The summed E-state index contributed by atoms with van der Waals surface area (Å²) in [6.45, 7) is 4.11. The van der Waals surface area contributed by atoms with Crippen molar-refractivity contribution in [1.82, 2.24) is 9.88 Å². The number of morpholine rings is 1. The lowest BCUT2D eigenvalue weighted by Crippen LogP contribution is -2.35. The lowest BCUT2D eigenvalue weighted by Gasteiger charge is -2.26. The zero-order chi connectivity index (χ0) is 22.5. The maximum absolute atomic E-state index is 12.9. The third-order valence-corrected chi connectivity index (χ3v) is 6.65. The van der Waals surface area contributed by atoms with Gasteiger partial charge >= 0.3 is 0 Å². The van der Waals surface area contributed by atoms with Gasteiger partial charge in [-0.1, -0.05) is 84.1 Å². The van der Waals surface area contributed by atoms with Crippen LogP contribution in [0.25, 0.3) is 22.4 Å². The Morgan fingerprint density at radius 1 is 0.848 bits per heavy atom. The molecule has 1 aliphatic heterocycles. The van der Waals surface area contributed by atoms with Gasteiger partial charge in [-0.3, -0.25) is 15.0 Å². The van der Waals surface area contributed by atoms with Crippen molar-refractivity contribution >= 4 is 22.4 Å². The number of carbonyl (C=O) groups excluding carboxylic acids is 1. The summed E-state index contributed by atoms with van der Waals surface area (Å²) in [6.07, 6.45) is 0. The summed E-state index contributed by atoms with van der Waals surface area (Å²) < 4.78 is 5.48. The van der Waals surface area contributed by atoms with Gasteiger partial charge in [0.25, 0.3) is 5.91 Å². The van der Waals surface area contributed by atoms with Gasteiger partial charge in [0.1, 0.15) is 0 Å². The maximum Gasteiger partial charge on any atom is 0.257 e. The number of benzene rings is 3. The van der Waals surface area contributed by atoms with Crippen LogP contribution in [-0.2, 0) is 11.3 Å². The quantitative estimate of drug-likeness (QED) is 0.413. The molecule has 2 heterocycles. The highest BCUT2D eigenvalue weighted by atomic mass is 32.1. The van der Waals surface area contributed by atoms with Crippen LogP contribution in [0.2, 0.25) is 0 Å². The second kappa shape index (κ2) is 10.1. The minimum Gasteiger partial charge on any atom is -0.379 e. The number of ether oxygens (including phenoxy) is 1. The van der Waals surface area contributed by atoms with E-state index in [-0.39, 0.29) is 5.91 Å². The standard InChI is InChI=1S/C27H25N3O2S/c31-26(23-13-11-21(12-14-23)20-7-3-1-4-8-20)29-27-28-25(22-9-5-2-6-10-22)24(33-27)19-30-15-17-32-18-16-30/h1-14H,15-19H2,(H,28,29,31). The minimum atomic E-state index is -0.152. The van der Waals surface area contributed by atoms with Crippen LogP contribution < -0.4 is 5.32 Å². The molecule has 0 radical (unpaired) electrons. The normalized spacial score (nSPS) is 14.2. The zero-order valence-electron chi connectivity index (χ0n) is 18.2. The molecule has 1 aromatic heterocycles. The first-order valence-corrected chi connectivity index (χ1v) is 11.9. The summed E-state index contributed by atoms with van der Waals surface area (Å²) in [5.41, 5.74) is 4.82. The molecule has 5 nitrogen and oxygen atoms in total. The number of hydrogen-bond acceptors (Lipinski definition) is 5. The van der Waals surface area contributed by atoms with E-state index in [0.717, 1.165) is 60.1 Å². The summed E-state index contributed by atoms with van der Waals surface area (Å²) in [6, 6.07) is 28.0. The topological polar surface area (TPSA) is 54.5 Å². The third kappa shape index (κ3) is 5.20. The van der Waals surface area contributed by atoms with Crippen molar-refractivity contribution in [3.05, 3.63) is 95.4 Å². The van der Waals surface area contributed by atoms with Crippen LogP contribution in [0.5, 0.6) is 0 Å². The first-order chi connectivity index (χ1) is 16.3. The number of aromatic nitrogens is 1. The van der Waals surface area contributed by atoms with Crippen molar-refractivity contribution < 1.29 is 9.53 Å². The number of nitrogens with one attached hydrogen (secondary N) is 1. The average Bonchev–Trinajstić information content (AvgIpc) is 3.27. The molecule has 1 amide bonds. The van der Waals surface area contributed by atoms with E-state index in [4.69, 9.17) is 9.72 Å². The number of carbonyl (C=O) groups is 1. The maximum atomic E-state index is 12.9. The molecule has 1 saturated heterocycles. The monoisotopic (exact) mass is 455 g/mol. The van der Waals surface area contributed by atoms with Crippen molar-refractivity contribution in [3.63, 3.8) is 0 Å². The molecule has 166 valence electrons. The minimum absolute atomic E-state index is 0.152. The molecular weight excluding hydrogens is 430 g/mol. The Kier molecular flexibility index (Phi) is 6.58. The van der Waals surface area contributed by atoms with Gasteiger partial charge < -0.3 is 4.74 Å². The fourth-order valence-electron chi connectivity index (χ4n) is 3.91. The molecule has 4 aromatic rings. The first kappa shape index (κ1) is 21.5. The van der Waals surface area contributed by atoms with Crippen molar-refractivity contribution in [2.75, 3.05) is 31.6 Å². The number of thiazole rings is 1. The Hall–Kier alpha value is -3.32. The largest absolute Gasteiger partial charge is 0.379 e. The van der Waals surface area contributed by atoms with Crippen molar-refractivity contribution in [1.29, 1.82) is 0 Å². The molecular formula is C27H25N3O2S. The number of amides is 1. The van der Waals surface area contributed by atoms with Crippen molar-refractivity contribution in [3.8, 4) is 22.4 Å². The Balaban J connectivity index is 1.35. The Morgan fingerprint density at radius 2 is 1.45 bits per heavy atom. The van der Waals surface area contributed by atoms with Gasteiger partial charge in [-0.25, -0.2) is 4.98 Å². The predicted octanol–water partition coefficient (Wildman–Crippen LogP) is 5.56. The highest BCUT2D eigenvalue weighted by Crippen LogP contribution is 2.32. The van der Waals surface area contributed by atoms with Crippen LogP contribution >= 0.6 is 11.3 Å². The molecule has 1 fully saturated rings. The Labute approximate surface area is 197 Å². The molecule has 5 rings (SSSR count). The molecule has 0 unspecified atom stereocenters. The molecule has 1 aliphatic rings. The zero-order valence-corrected chi connectivity index (χ0v) is 19.1. The van der Waals surface area contributed by atoms with E-state index in [1.165, 1.54) is 0 Å². The summed E-state index contributed by atoms with van der Waals surface area (Å²) in [4.78, 5) is 21.3. The summed E-state index contributed by atoms with van der Waals surface area (Å²) in [5.74, 6) is -0.152. The number of anilines is 1. The number of hydrogen-bond donors (Lipinski definition) is 1. The predicted molar refractivity (Wildman–Crippen MR) is 133 cm³/mol. The van der Waals surface area contributed by atoms with E-state index in [9.17, 15) is 4.79 Å². The lowest BCUT2D eigenvalue weighted by molar-refractivity contribution is 0.0347. The molecule has 0 aliphatic carbocycles. The van der Waals surface area contributed by atoms with Crippen LogP contribution in [0.4, 0.5) is 5.13 Å². The van der Waals surface area contributed by atoms with Gasteiger partial charge in [0.2, 0.25) is 0 Å². The van der Waals surface area contributed by atoms with E-state index in [0.29, 0.717) is 10.7 Å². The van der Waals surface area contributed by atoms with Gasteiger partial charge in [0.15, 0.2) is 5.13 Å². The molecule has 0 bridgehead atoms. The van der Waals surface area contributed by atoms with Crippen LogP contribution in [0.1, 0.15) is 15.2 Å². The molecule has 6 heteroatoms. The summed E-state index contributed by atoms with van der Waals surface area (Å²) in [5, 5.41) is 3.63. The van der Waals surface area contributed by atoms with E-state index in [1.807, 2.05) is 60.7 Å². The van der Waals surface area contributed by atoms with Gasteiger partial charge in [-0.15, -0.1) is 0 Å². The van der Waals surface area contributed by atoms with E-state index < -0.39 is 0 Å². The number of nitrogens with zero attached hydrogens (tertiary/aromatic N) is 2. The highest BCUT2D eigenvalue weighted by molar-refractivity contribution is 7.16. The molecule has 3 aromatic carbocycles. The summed E-state index contributed by atoms with van der Waals surface area (Å²) >= 11 is 1.55. The molecule has 0 atom stereocenters. The van der Waals surface area contributed by atoms with E-state index >= 15 is 0 Å². The smallest absolute Gasteiger partial charge is 0.257 e. The Bertz CT molecular complexity index is 1200. The second-order valence-electron chi connectivity index (χ2n) is 7.94. The van der Waals surface area contributed by atoms with Gasteiger partial charge in [-0.05, 0) is 23.3 Å². The summed E-state index contributed by atoms with van der Waals surface area (Å²) in [7, 11) is 0. The molecule has 33 heavy (non-hydrogen) atoms. The average molecular weight is 456 g/mol. The van der Waals surface area contributed by atoms with Gasteiger partial charge in [-0.2, -0.15) is 0 Å². The fraction of sp³-hybridized carbons (Fsp3) is 0.185. The van der Waals surface area contributed by atoms with E-state index in [2.05, 4.69) is 34.5 Å². The first-order valence-electron chi connectivity index (χ1n) is 11.1. The SMILES string of the molecule is O=C(Nc1nc(-c2ccccc2)c(CN2CCOCC2)s1)c1ccc(-c2ccccc2)cc1. The number of rotatable bonds is 6. The molecule has 0 spiro atoms. The molecule has 1 N–H and O–H groups in total. The third-order valence-electron chi connectivity index (χ3n) is 5.69. The van der Waals surface area contributed by atoms with Crippen LogP contribution in [0, 0.1) is 0 Å². The second-order valence-corrected chi connectivity index (χ2v) is 9.03. The van der Waals surface area contributed by atoms with Crippen LogP contribution in [0.15, 0.2) is 84.9 Å². The highest BCUT2D eigenvalue weighted by Gasteiger charge is 2.19. The van der Waals surface area contributed by atoms with Crippen molar-refractivity contribution in [2.45, 2.75) is 6.54 Å². The van der Waals surface area contributed by atoms with E-state index in [1.54, 1.807) is 11.3 Å². The van der Waals surface area contributed by atoms with Crippen LogP contribution in [0.3, 0.4) is 0 Å². The van der Waals surface area contributed by atoms with Crippen LogP contribution in [-0.4, -0.2) is 42.1 Å². The fourth-order valence-corrected chi connectivity index (χ4v) is 4.93. The van der Waals surface area contributed by atoms with Gasteiger partial charge in [0, 0.05) is 35.6 Å². The lowest BCUT2D eigenvalue weighted by atomic mass is 10.0.